The van der Waals surface area contributed by atoms with E-state index in [1.54, 1.807) is 22.9 Å². The third-order valence-corrected chi connectivity index (χ3v) is 4.49. The topological polar surface area (TPSA) is 72.9 Å². The third kappa shape index (κ3) is 4.68. The number of hydrogen-bond donors (Lipinski definition) is 1. The average molecular weight is 380 g/mol. The lowest BCUT2D eigenvalue weighted by molar-refractivity contribution is 0.0688. The number of carboxylic acid groups (broad SMARTS) is 1. The maximum atomic E-state index is 11.3. The molecule has 148 valence electrons. The van der Waals surface area contributed by atoms with Gasteiger partial charge in [-0.2, -0.15) is 5.10 Å². The Kier molecular flexibility index (Phi) is 5.97. The summed E-state index contributed by atoms with van der Waals surface area (Å²) in [7, 11) is 0. The van der Waals surface area contributed by atoms with Gasteiger partial charge in [0.15, 0.2) is 5.82 Å². The molecular formula is C22H28N4O2. The van der Waals surface area contributed by atoms with Gasteiger partial charge in [0.25, 0.3) is 0 Å². The highest BCUT2D eigenvalue weighted by atomic mass is 16.4. The number of rotatable bonds is 8. The largest absolute Gasteiger partial charge is 0.477 e. The summed E-state index contributed by atoms with van der Waals surface area (Å²) in [4.78, 5) is 16.1. The van der Waals surface area contributed by atoms with E-state index < -0.39 is 5.97 Å². The Hall–Kier alpha value is -2.89. The first-order valence-electron chi connectivity index (χ1n) is 9.76. The van der Waals surface area contributed by atoms with Crippen LogP contribution in [0.1, 0.15) is 55.4 Å². The Labute approximate surface area is 165 Å². The van der Waals surface area contributed by atoms with Crippen LogP contribution in [0.2, 0.25) is 0 Å². The fourth-order valence-corrected chi connectivity index (χ4v) is 3.24. The molecule has 28 heavy (non-hydrogen) atoms. The summed E-state index contributed by atoms with van der Waals surface area (Å²) in [6.45, 7) is 9.38. The smallest absolute Gasteiger partial charge is 0.352 e. The molecule has 0 bridgehead atoms. The Morgan fingerprint density at radius 3 is 2.32 bits per heavy atom. The monoisotopic (exact) mass is 380 g/mol. The van der Waals surface area contributed by atoms with Crippen LogP contribution in [0, 0.1) is 11.8 Å². The molecule has 1 aromatic carbocycles. The third-order valence-electron chi connectivity index (χ3n) is 4.49. The van der Waals surface area contributed by atoms with Gasteiger partial charge in [-0.3, -0.25) is 0 Å². The lowest BCUT2D eigenvalue weighted by Crippen LogP contribution is -2.10. The van der Waals surface area contributed by atoms with Crippen LogP contribution < -0.4 is 0 Å². The summed E-state index contributed by atoms with van der Waals surface area (Å²) >= 11 is 0. The van der Waals surface area contributed by atoms with Crippen LogP contribution in [0.5, 0.6) is 0 Å². The second-order valence-corrected chi connectivity index (χ2v) is 8.03. The number of hydrogen-bond acceptors (Lipinski definition) is 3. The molecule has 0 spiro atoms. The second kappa shape index (κ2) is 8.42. The van der Waals surface area contributed by atoms with Crippen LogP contribution in [0.4, 0.5) is 0 Å². The van der Waals surface area contributed by atoms with Crippen LogP contribution in [-0.4, -0.2) is 30.4 Å². The standard InChI is InChI=1S/C22H28N4O2/c1-15(2)12-20-23-21(13-16(3)4)26(24-20)14-17-7-9-18(10-8-17)25-11-5-6-19(25)22(27)28/h5-11,15-16H,12-14H2,1-4H3,(H,27,28). The molecule has 0 radical (unpaired) electrons. The van der Waals surface area contributed by atoms with Gasteiger partial charge < -0.3 is 9.67 Å². The Balaban J connectivity index is 1.82. The molecule has 2 heterocycles. The maximum absolute atomic E-state index is 11.3. The highest BCUT2D eigenvalue weighted by Crippen LogP contribution is 2.16. The molecule has 1 N–H and O–H groups in total. The van der Waals surface area contributed by atoms with Crippen molar-refractivity contribution in [3.8, 4) is 5.69 Å². The first-order valence-corrected chi connectivity index (χ1v) is 9.76. The minimum absolute atomic E-state index is 0.251. The minimum Gasteiger partial charge on any atom is -0.477 e. The first kappa shape index (κ1) is 19.9. The van der Waals surface area contributed by atoms with E-state index in [1.165, 1.54) is 0 Å². The molecule has 0 atom stereocenters. The molecule has 0 fully saturated rings. The molecule has 0 saturated carbocycles. The molecular weight excluding hydrogens is 352 g/mol. The molecule has 0 unspecified atom stereocenters. The van der Waals surface area contributed by atoms with Crippen molar-refractivity contribution < 1.29 is 9.90 Å². The second-order valence-electron chi connectivity index (χ2n) is 8.03. The van der Waals surface area contributed by atoms with Crippen molar-refractivity contribution >= 4 is 5.97 Å². The number of carboxylic acids is 1. The molecule has 0 saturated heterocycles. The SMILES string of the molecule is CC(C)Cc1nc(CC(C)C)n(Cc2ccc(-n3cccc3C(=O)O)cc2)n1. The number of carbonyl (C=O) groups is 1. The summed E-state index contributed by atoms with van der Waals surface area (Å²) in [5, 5.41) is 14.0. The number of benzene rings is 1. The zero-order chi connectivity index (χ0) is 20.3. The molecule has 0 amide bonds. The Morgan fingerprint density at radius 1 is 1.04 bits per heavy atom. The van der Waals surface area contributed by atoms with Crippen LogP contribution in [-0.2, 0) is 19.4 Å². The number of aromatic nitrogens is 4. The van der Waals surface area contributed by atoms with Gasteiger partial charge in [-0.05, 0) is 41.7 Å². The normalized spacial score (nSPS) is 11.5. The molecule has 0 aliphatic heterocycles. The summed E-state index contributed by atoms with van der Waals surface area (Å²) in [5.74, 6) is 2.02. The zero-order valence-corrected chi connectivity index (χ0v) is 17.0. The lowest BCUT2D eigenvalue weighted by atomic mass is 10.1. The molecule has 0 aliphatic rings. The molecule has 6 nitrogen and oxygen atoms in total. The fraction of sp³-hybridized carbons (Fsp3) is 0.409. The molecule has 0 aliphatic carbocycles. The first-order chi connectivity index (χ1) is 13.3. The number of nitrogens with zero attached hydrogens (tertiary/aromatic N) is 4. The van der Waals surface area contributed by atoms with Gasteiger partial charge >= 0.3 is 5.97 Å². The Bertz CT molecular complexity index is 936. The minimum atomic E-state index is -0.937. The van der Waals surface area contributed by atoms with Crippen LogP contribution in [0.25, 0.3) is 5.69 Å². The van der Waals surface area contributed by atoms with E-state index >= 15 is 0 Å². The van der Waals surface area contributed by atoms with Crippen molar-refractivity contribution in [2.45, 2.75) is 47.1 Å². The van der Waals surface area contributed by atoms with Crippen LogP contribution in [0.3, 0.4) is 0 Å². The molecule has 6 heteroatoms. The van der Waals surface area contributed by atoms with Crippen molar-refractivity contribution in [3.63, 3.8) is 0 Å². The summed E-state index contributed by atoms with van der Waals surface area (Å²) in [6.07, 6.45) is 3.53. The molecule has 2 aromatic heterocycles. The molecule has 3 aromatic rings. The van der Waals surface area contributed by atoms with E-state index in [1.807, 2.05) is 28.9 Å². The predicted octanol–water partition coefficient (Wildman–Crippen LogP) is 4.21. The van der Waals surface area contributed by atoms with Crippen molar-refractivity contribution in [2.24, 2.45) is 11.8 Å². The van der Waals surface area contributed by atoms with Crippen molar-refractivity contribution in [3.05, 3.63) is 65.5 Å². The van der Waals surface area contributed by atoms with Crippen molar-refractivity contribution in [2.75, 3.05) is 0 Å². The van der Waals surface area contributed by atoms with E-state index in [-0.39, 0.29) is 5.69 Å². The van der Waals surface area contributed by atoms with Gasteiger partial charge in [0.05, 0.1) is 6.54 Å². The summed E-state index contributed by atoms with van der Waals surface area (Å²) in [5.41, 5.74) is 2.19. The number of aromatic carboxylic acids is 1. The highest BCUT2D eigenvalue weighted by Gasteiger charge is 2.14. The van der Waals surface area contributed by atoms with E-state index in [4.69, 9.17) is 10.1 Å². The van der Waals surface area contributed by atoms with Gasteiger partial charge in [0.2, 0.25) is 0 Å². The van der Waals surface area contributed by atoms with Gasteiger partial charge in [-0.1, -0.05) is 39.8 Å². The van der Waals surface area contributed by atoms with Crippen molar-refractivity contribution in [1.29, 1.82) is 0 Å². The lowest BCUT2D eigenvalue weighted by Gasteiger charge is -2.10. The van der Waals surface area contributed by atoms with Crippen molar-refractivity contribution in [1.82, 2.24) is 19.3 Å². The summed E-state index contributed by atoms with van der Waals surface area (Å²) < 4.78 is 3.68. The van der Waals surface area contributed by atoms with Gasteiger partial charge in [0.1, 0.15) is 11.5 Å². The van der Waals surface area contributed by atoms with E-state index in [2.05, 4.69) is 27.7 Å². The maximum Gasteiger partial charge on any atom is 0.352 e. The predicted molar refractivity (Wildman–Crippen MR) is 109 cm³/mol. The zero-order valence-electron chi connectivity index (χ0n) is 17.0. The highest BCUT2D eigenvalue weighted by molar-refractivity contribution is 5.86. The Morgan fingerprint density at radius 2 is 1.71 bits per heavy atom. The van der Waals surface area contributed by atoms with E-state index in [0.29, 0.717) is 18.4 Å². The van der Waals surface area contributed by atoms with Gasteiger partial charge in [-0.15, -0.1) is 0 Å². The van der Waals surface area contributed by atoms with E-state index in [0.717, 1.165) is 35.7 Å². The van der Waals surface area contributed by atoms with E-state index in [9.17, 15) is 9.90 Å². The van der Waals surface area contributed by atoms with Gasteiger partial charge in [0, 0.05) is 24.7 Å². The van der Waals surface area contributed by atoms with Gasteiger partial charge in [-0.25, -0.2) is 14.5 Å². The van der Waals surface area contributed by atoms with Crippen LogP contribution >= 0.6 is 0 Å². The quantitative estimate of drug-likeness (QED) is 0.635. The summed E-state index contributed by atoms with van der Waals surface area (Å²) in [6, 6.07) is 11.3. The average Bonchev–Trinajstić information content (AvgIpc) is 3.22. The fourth-order valence-electron chi connectivity index (χ4n) is 3.24. The van der Waals surface area contributed by atoms with Crippen LogP contribution in [0.15, 0.2) is 42.6 Å². The molecule has 3 rings (SSSR count).